The summed E-state index contributed by atoms with van der Waals surface area (Å²) >= 11 is 5.65. The summed E-state index contributed by atoms with van der Waals surface area (Å²) in [6.45, 7) is 1.12. The number of nitrogens with zero attached hydrogens (tertiary/aromatic N) is 1. The first-order valence-electron chi connectivity index (χ1n) is 8.34. The van der Waals surface area contributed by atoms with Crippen LogP contribution in [0, 0.1) is 0 Å². The van der Waals surface area contributed by atoms with Gasteiger partial charge in [0.2, 0.25) is 11.7 Å². The van der Waals surface area contributed by atoms with Crippen molar-refractivity contribution in [3.8, 4) is 17.2 Å². The molecule has 7 heteroatoms. The van der Waals surface area contributed by atoms with E-state index in [9.17, 15) is 9.59 Å². The molecule has 0 aliphatic carbocycles. The number of ether oxygens (including phenoxy) is 3. The minimum absolute atomic E-state index is 0.0303. The Kier molecular flexibility index (Phi) is 5.08. The number of ketones is 1. The molecule has 0 N–H and O–H groups in total. The summed E-state index contributed by atoms with van der Waals surface area (Å²) in [4.78, 5) is 26.5. The van der Waals surface area contributed by atoms with Crippen molar-refractivity contribution >= 4 is 23.3 Å². The molecule has 2 heterocycles. The summed E-state index contributed by atoms with van der Waals surface area (Å²) in [6, 6.07) is 3.43. The topological polar surface area (TPSA) is 65.1 Å². The van der Waals surface area contributed by atoms with Gasteiger partial charge in [0.25, 0.3) is 0 Å². The van der Waals surface area contributed by atoms with Crippen LogP contribution in [0.1, 0.15) is 36.0 Å². The van der Waals surface area contributed by atoms with E-state index in [1.807, 2.05) is 0 Å². The van der Waals surface area contributed by atoms with Crippen molar-refractivity contribution in [3.05, 3.63) is 17.7 Å². The molecule has 25 heavy (non-hydrogen) atoms. The minimum atomic E-state index is -0.596. The van der Waals surface area contributed by atoms with Crippen molar-refractivity contribution in [2.75, 3.05) is 33.2 Å². The van der Waals surface area contributed by atoms with Gasteiger partial charge in [-0.1, -0.05) is 0 Å². The lowest BCUT2D eigenvalue weighted by molar-refractivity contribution is -0.134. The smallest absolute Gasteiger partial charge is 0.223 e. The molecule has 0 radical (unpaired) electrons. The van der Waals surface area contributed by atoms with E-state index in [0.29, 0.717) is 67.5 Å². The predicted molar refractivity (Wildman–Crippen MR) is 93.0 cm³/mol. The molecule has 0 saturated carbocycles. The number of amides is 1. The molecule has 1 spiro atoms. The van der Waals surface area contributed by atoms with Crippen LogP contribution in [-0.2, 0) is 4.79 Å². The molecular weight excluding hydrogens is 346 g/mol. The maximum Gasteiger partial charge on any atom is 0.223 e. The van der Waals surface area contributed by atoms with Gasteiger partial charge in [-0.05, 0) is 12.1 Å². The highest BCUT2D eigenvalue weighted by molar-refractivity contribution is 6.18. The van der Waals surface area contributed by atoms with Gasteiger partial charge in [-0.3, -0.25) is 9.59 Å². The predicted octanol–water partition coefficient (Wildman–Crippen LogP) is 2.66. The molecule has 0 aromatic heterocycles. The van der Waals surface area contributed by atoms with Crippen LogP contribution in [0.25, 0.3) is 0 Å². The fourth-order valence-corrected chi connectivity index (χ4v) is 3.70. The first kappa shape index (κ1) is 17.9. The Morgan fingerprint density at radius 2 is 2.00 bits per heavy atom. The Hall–Kier alpha value is -1.95. The number of carbonyl (C=O) groups excluding carboxylic acids is 2. The van der Waals surface area contributed by atoms with Gasteiger partial charge in [0.15, 0.2) is 17.3 Å². The zero-order valence-corrected chi connectivity index (χ0v) is 15.2. The van der Waals surface area contributed by atoms with Crippen LogP contribution in [0.5, 0.6) is 17.2 Å². The maximum absolute atomic E-state index is 12.7. The number of likely N-dealkylation sites (tertiary alicyclic amines) is 1. The number of carbonyl (C=O) groups is 2. The van der Waals surface area contributed by atoms with Crippen LogP contribution < -0.4 is 14.2 Å². The number of piperidine rings is 1. The number of methoxy groups -OCH3 is 2. The second kappa shape index (κ2) is 7.12. The summed E-state index contributed by atoms with van der Waals surface area (Å²) in [5, 5.41) is 0. The Bertz CT molecular complexity index is 682. The van der Waals surface area contributed by atoms with Gasteiger partial charge < -0.3 is 19.1 Å². The summed E-state index contributed by atoms with van der Waals surface area (Å²) in [5.74, 6) is 1.81. The third kappa shape index (κ3) is 3.27. The second-order valence-electron chi connectivity index (χ2n) is 6.38. The highest BCUT2D eigenvalue weighted by Crippen LogP contribution is 2.47. The van der Waals surface area contributed by atoms with E-state index in [0.717, 1.165) is 0 Å². The summed E-state index contributed by atoms with van der Waals surface area (Å²) in [5.41, 5.74) is -0.0782. The van der Waals surface area contributed by atoms with E-state index in [1.165, 1.54) is 7.11 Å². The minimum Gasteiger partial charge on any atom is -0.493 e. The standard InChI is InChI=1S/C18H22ClNO5/c1-23-14-4-3-12-13(21)11-18(25-16(12)17(14)24-2)6-9-20(10-7-18)15(22)5-8-19/h3-4H,5-11H2,1-2H3. The van der Waals surface area contributed by atoms with E-state index in [1.54, 1.807) is 24.1 Å². The third-order valence-electron chi connectivity index (χ3n) is 4.94. The van der Waals surface area contributed by atoms with Crippen molar-refractivity contribution in [1.29, 1.82) is 0 Å². The molecule has 6 nitrogen and oxygen atoms in total. The highest BCUT2D eigenvalue weighted by Gasteiger charge is 2.45. The molecule has 1 aromatic carbocycles. The van der Waals surface area contributed by atoms with E-state index in [-0.39, 0.29) is 11.7 Å². The van der Waals surface area contributed by atoms with Crippen LogP contribution in [0.15, 0.2) is 12.1 Å². The average Bonchev–Trinajstić information content (AvgIpc) is 2.61. The van der Waals surface area contributed by atoms with Crippen molar-refractivity contribution in [2.45, 2.75) is 31.3 Å². The number of alkyl halides is 1. The second-order valence-corrected chi connectivity index (χ2v) is 6.76. The fraction of sp³-hybridized carbons (Fsp3) is 0.556. The summed E-state index contributed by atoms with van der Waals surface area (Å²) in [6.07, 6.45) is 1.86. The SMILES string of the molecule is COc1ccc2c(c1OC)OC1(CCN(C(=O)CCCl)CC1)CC2=O. The van der Waals surface area contributed by atoms with E-state index in [4.69, 9.17) is 25.8 Å². The van der Waals surface area contributed by atoms with Gasteiger partial charge in [-0.15, -0.1) is 11.6 Å². The van der Waals surface area contributed by atoms with Crippen LogP contribution in [-0.4, -0.2) is 55.4 Å². The Balaban J connectivity index is 1.84. The first-order chi connectivity index (χ1) is 12.0. The van der Waals surface area contributed by atoms with Crippen LogP contribution >= 0.6 is 11.6 Å². The normalized spacial score (nSPS) is 18.5. The van der Waals surface area contributed by atoms with Crippen LogP contribution in [0.3, 0.4) is 0 Å². The Morgan fingerprint density at radius 3 is 2.60 bits per heavy atom. The molecule has 1 saturated heterocycles. The van der Waals surface area contributed by atoms with Gasteiger partial charge in [-0.25, -0.2) is 0 Å². The highest BCUT2D eigenvalue weighted by atomic mass is 35.5. The molecule has 1 fully saturated rings. The van der Waals surface area contributed by atoms with Crippen molar-refractivity contribution < 1.29 is 23.8 Å². The van der Waals surface area contributed by atoms with Crippen molar-refractivity contribution in [2.24, 2.45) is 0 Å². The molecule has 0 atom stereocenters. The van der Waals surface area contributed by atoms with Gasteiger partial charge in [0, 0.05) is 38.2 Å². The average molecular weight is 368 g/mol. The zero-order valence-electron chi connectivity index (χ0n) is 14.5. The number of hydrogen-bond donors (Lipinski definition) is 0. The number of fused-ring (bicyclic) bond motifs is 1. The summed E-state index contributed by atoms with van der Waals surface area (Å²) < 4.78 is 17.0. The quantitative estimate of drug-likeness (QED) is 0.765. The maximum atomic E-state index is 12.7. The van der Waals surface area contributed by atoms with Crippen LogP contribution in [0.4, 0.5) is 0 Å². The van der Waals surface area contributed by atoms with Gasteiger partial charge >= 0.3 is 0 Å². The molecule has 3 rings (SSSR count). The molecular formula is C18H22ClNO5. The molecule has 2 aliphatic rings. The Labute approximate surface area is 152 Å². The molecule has 1 aromatic rings. The number of rotatable bonds is 4. The third-order valence-corrected chi connectivity index (χ3v) is 5.13. The van der Waals surface area contributed by atoms with Crippen molar-refractivity contribution in [1.82, 2.24) is 4.90 Å². The largest absolute Gasteiger partial charge is 0.493 e. The molecule has 2 aliphatic heterocycles. The first-order valence-corrected chi connectivity index (χ1v) is 8.88. The van der Waals surface area contributed by atoms with E-state index < -0.39 is 5.60 Å². The van der Waals surface area contributed by atoms with Crippen molar-refractivity contribution in [3.63, 3.8) is 0 Å². The van der Waals surface area contributed by atoms with E-state index >= 15 is 0 Å². The number of benzene rings is 1. The monoisotopic (exact) mass is 367 g/mol. The van der Waals surface area contributed by atoms with Crippen LogP contribution in [0.2, 0.25) is 0 Å². The van der Waals surface area contributed by atoms with Gasteiger partial charge in [-0.2, -0.15) is 0 Å². The lowest BCUT2D eigenvalue weighted by atomic mass is 9.82. The number of Topliss-reactive ketones (excluding diaryl/α,β-unsaturated/α-hetero) is 1. The lowest BCUT2D eigenvalue weighted by Gasteiger charge is -2.44. The Morgan fingerprint density at radius 1 is 1.28 bits per heavy atom. The zero-order chi connectivity index (χ0) is 18.0. The lowest BCUT2D eigenvalue weighted by Crippen LogP contribution is -2.52. The number of halogens is 1. The van der Waals surface area contributed by atoms with Gasteiger partial charge in [0.1, 0.15) is 5.60 Å². The molecule has 0 bridgehead atoms. The molecule has 136 valence electrons. The van der Waals surface area contributed by atoms with Gasteiger partial charge in [0.05, 0.1) is 26.2 Å². The fourth-order valence-electron chi connectivity index (χ4n) is 3.54. The number of hydrogen-bond acceptors (Lipinski definition) is 5. The molecule has 0 unspecified atom stereocenters. The molecule has 1 amide bonds. The van der Waals surface area contributed by atoms with E-state index in [2.05, 4.69) is 0 Å². The summed E-state index contributed by atoms with van der Waals surface area (Å²) in [7, 11) is 3.08.